The van der Waals surface area contributed by atoms with Gasteiger partial charge < -0.3 is 10.1 Å². The zero-order valence-electron chi connectivity index (χ0n) is 11.2. The third-order valence-electron chi connectivity index (χ3n) is 3.21. The summed E-state index contributed by atoms with van der Waals surface area (Å²) in [7, 11) is 1.41. The number of esters is 1. The number of carbonyl (C=O) groups excluding carboxylic acids is 1. The van der Waals surface area contributed by atoms with Crippen LogP contribution in [-0.4, -0.2) is 19.1 Å². The number of carbonyl (C=O) groups is 1. The van der Waals surface area contributed by atoms with Gasteiger partial charge in [0.05, 0.1) is 13.0 Å². The Hall–Kier alpha value is -1.06. The second-order valence-corrected chi connectivity index (χ2v) is 4.92. The van der Waals surface area contributed by atoms with Gasteiger partial charge in [0.15, 0.2) is 0 Å². The molecule has 0 fully saturated rings. The van der Waals surface area contributed by atoms with Gasteiger partial charge in [-0.05, 0) is 25.5 Å². The molecule has 2 unspecified atom stereocenters. The van der Waals surface area contributed by atoms with Gasteiger partial charge in [0.2, 0.25) is 0 Å². The van der Waals surface area contributed by atoms with Crippen molar-refractivity contribution in [1.29, 1.82) is 0 Å². The van der Waals surface area contributed by atoms with Crippen LogP contribution in [0.5, 0.6) is 0 Å². The summed E-state index contributed by atoms with van der Waals surface area (Å²) in [5, 5.41) is 4.10. The number of benzene rings is 1. The molecule has 4 heteroatoms. The van der Waals surface area contributed by atoms with Crippen molar-refractivity contribution in [3.63, 3.8) is 0 Å². The number of rotatable bonds is 5. The molecular weight excluding hydrogens is 250 g/mol. The van der Waals surface area contributed by atoms with Gasteiger partial charge in [-0.1, -0.05) is 36.7 Å². The van der Waals surface area contributed by atoms with Crippen LogP contribution in [0.3, 0.4) is 0 Å². The average molecular weight is 270 g/mol. The predicted octanol–water partition coefficient (Wildman–Crippen LogP) is 3.19. The molecule has 0 aliphatic carbocycles. The number of methoxy groups -OCH3 is 1. The zero-order chi connectivity index (χ0) is 13.7. The molecule has 0 amide bonds. The molecule has 3 atom stereocenters. The highest BCUT2D eigenvalue weighted by atomic mass is 35.5. The van der Waals surface area contributed by atoms with Crippen molar-refractivity contribution < 1.29 is 9.53 Å². The SMILES string of the molecule is COC(=O)C(C)C(C)N[C@@H](C)c1ccccc1Cl. The van der Waals surface area contributed by atoms with Crippen molar-refractivity contribution in [3.8, 4) is 0 Å². The first-order valence-electron chi connectivity index (χ1n) is 6.05. The number of nitrogens with one attached hydrogen (secondary N) is 1. The van der Waals surface area contributed by atoms with E-state index in [0.29, 0.717) is 0 Å². The molecule has 0 aliphatic rings. The molecule has 1 aromatic rings. The minimum Gasteiger partial charge on any atom is -0.469 e. The maximum Gasteiger partial charge on any atom is 0.309 e. The van der Waals surface area contributed by atoms with E-state index in [1.165, 1.54) is 7.11 Å². The van der Waals surface area contributed by atoms with Crippen LogP contribution in [0.25, 0.3) is 0 Å². The molecule has 0 saturated heterocycles. The van der Waals surface area contributed by atoms with Crippen molar-refractivity contribution in [3.05, 3.63) is 34.9 Å². The Morgan fingerprint density at radius 1 is 1.28 bits per heavy atom. The summed E-state index contributed by atoms with van der Waals surface area (Å²) in [6, 6.07) is 7.80. The Morgan fingerprint density at radius 3 is 2.44 bits per heavy atom. The van der Waals surface area contributed by atoms with Crippen molar-refractivity contribution in [2.45, 2.75) is 32.9 Å². The van der Waals surface area contributed by atoms with Gasteiger partial charge in [-0.25, -0.2) is 0 Å². The molecule has 1 N–H and O–H groups in total. The lowest BCUT2D eigenvalue weighted by Crippen LogP contribution is -2.38. The van der Waals surface area contributed by atoms with E-state index in [1.54, 1.807) is 0 Å². The van der Waals surface area contributed by atoms with Crippen LogP contribution >= 0.6 is 11.6 Å². The van der Waals surface area contributed by atoms with E-state index < -0.39 is 0 Å². The highest BCUT2D eigenvalue weighted by molar-refractivity contribution is 6.31. The average Bonchev–Trinajstić information content (AvgIpc) is 2.37. The van der Waals surface area contributed by atoms with Crippen molar-refractivity contribution in [2.75, 3.05) is 7.11 Å². The van der Waals surface area contributed by atoms with Crippen LogP contribution in [0, 0.1) is 5.92 Å². The summed E-state index contributed by atoms with van der Waals surface area (Å²) in [4.78, 5) is 11.4. The van der Waals surface area contributed by atoms with E-state index in [1.807, 2.05) is 45.0 Å². The van der Waals surface area contributed by atoms with Crippen molar-refractivity contribution >= 4 is 17.6 Å². The number of hydrogen-bond donors (Lipinski definition) is 1. The fourth-order valence-electron chi connectivity index (χ4n) is 1.84. The fourth-order valence-corrected chi connectivity index (χ4v) is 2.14. The quantitative estimate of drug-likeness (QED) is 0.835. The van der Waals surface area contributed by atoms with Gasteiger partial charge in [0.25, 0.3) is 0 Å². The first kappa shape index (κ1) is 15.0. The molecule has 100 valence electrons. The van der Waals surface area contributed by atoms with Crippen LogP contribution in [-0.2, 0) is 9.53 Å². The predicted molar refractivity (Wildman–Crippen MR) is 73.6 cm³/mol. The van der Waals surface area contributed by atoms with E-state index in [9.17, 15) is 4.79 Å². The second-order valence-electron chi connectivity index (χ2n) is 4.51. The first-order valence-corrected chi connectivity index (χ1v) is 6.43. The van der Waals surface area contributed by atoms with E-state index in [2.05, 4.69) is 5.32 Å². The van der Waals surface area contributed by atoms with Crippen LogP contribution in [0.1, 0.15) is 32.4 Å². The van der Waals surface area contributed by atoms with E-state index in [0.717, 1.165) is 10.6 Å². The van der Waals surface area contributed by atoms with Gasteiger partial charge in [-0.3, -0.25) is 4.79 Å². The molecule has 0 aliphatic heterocycles. The lowest BCUT2D eigenvalue weighted by Gasteiger charge is -2.24. The zero-order valence-corrected chi connectivity index (χ0v) is 12.0. The Kier molecular flexibility index (Phi) is 5.63. The summed E-state index contributed by atoms with van der Waals surface area (Å²) < 4.78 is 4.74. The van der Waals surface area contributed by atoms with Gasteiger partial charge in [0, 0.05) is 17.1 Å². The van der Waals surface area contributed by atoms with Crippen molar-refractivity contribution in [2.24, 2.45) is 5.92 Å². The normalized spacial score (nSPS) is 15.8. The maximum absolute atomic E-state index is 11.4. The molecule has 1 rings (SSSR count). The number of hydrogen-bond acceptors (Lipinski definition) is 3. The summed E-state index contributed by atoms with van der Waals surface area (Å²) in [6.07, 6.45) is 0. The Bertz CT molecular complexity index is 409. The highest BCUT2D eigenvalue weighted by Crippen LogP contribution is 2.23. The van der Waals surface area contributed by atoms with E-state index >= 15 is 0 Å². The number of halogens is 1. The van der Waals surface area contributed by atoms with Gasteiger partial charge in [0.1, 0.15) is 0 Å². The third kappa shape index (κ3) is 3.72. The fraction of sp³-hybridized carbons (Fsp3) is 0.500. The standard InChI is InChI=1S/C14H20ClNO2/c1-9(14(17)18-4)10(2)16-11(3)12-7-5-6-8-13(12)15/h5-11,16H,1-4H3/t9?,10?,11-/m0/s1. The Morgan fingerprint density at radius 2 is 1.89 bits per heavy atom. The lowest BCUT2D eigenvalue weighted by atomic mass is 10.0. The molecular formula is C14H20ClNO2. The Balaban J connectivity index is 2.68. The summed E-state index contributed by atoms with van der Waals surface area (Å²) in [6.45, 7) is 5.85. The van der Waals surface area contributed by atoms with Gasteiger partial charge >= 0.3 is 5.97 Å². The second kappa shape index (κ2) is 6.76. The number of ether oxygens (including phenoxy) is 1. The smallest absolute Gasteiger partial charge is 0.309 e. The molecule has 0 bridgehead atoms. The third-order valence-corrected chi connectivity index (χ3v) is 3.55. The summed E-state index contributed by atoms with van der Waals surface area (Å²) >= 11 is 6.14. The first-order chi connectivity index (χ1) is 8.47. The van der Waals surface area contributed by atoms with Crippen LogP contribution in [0.15, 0.2) is 24.3 Å². The van der Waals surface area contributed by atoms with Crippen LogP contribution in [0.4, 0.5) is 0 Å². The van der Waals surface area contributed by atoms with E-state index in [4.69, 9.17) is 16.3 Å². The largest absolute Gasteiger partial charge is 0.469 e. The summed E-state index contributed by atoms with van der Waals surface area (Å²) in [5.74, 6) is -0.402. The molecule has 1 aromatic carbocycles. The van der Waals surface area contributed by atoms with Gasteiger partial charge in [-0.15, -0.1) is 0 Å². The molecule has 3 nitrogen and oxygen atoms in total. The summed E-state index contributed by atoms with van der Waals surface area (Å²) in [5.41, 5.74) is 1.03. The topological polar surface area (TPSA) is 38.3 Å². The highest BCUT2D eigenvalue weighted by Gasteiger charge is 2.22. The minimum absolute atomic E-state index is 0.0173. The monoisotopic (exact) mass is 269 g/mol. The molecule has 0 spiro atoms. The molecule has 0 aromatic heterocycles. The minimum atomic E-state index is -0.207. The molecule has 0 saturated carbocycles. The molecule has 0 radical (unpaired) electrons. The molecule has 18 heavy (non-hydrogen) atoms. The van der Waals surface area contributed by atoms with Crippen LogP contribution < -0.4 is 5.32 Å². The van der Waals surface area contributed by atoms with E-state index in [-0.39, 0.29) is 24.0 Å². The van der Waals surface area contributed by atoms with Crippen LogP contribution in [0.2, 0.25) is 5.02 Å². The maximum atomic E-state index is 11.4. The Labute approximate surface area is 113 Å². The van der Waals surface area contributed by atoms with Crippen molar-refractivity contribution in [1.82, 2.24) is 5.32 Å². The molecule has 0 heterocycles. The van der Waals surface area contributed by atoms with Gasteiger partial charge in [-0.2, -0.15) is 0 Å². The lowest BCUT2D eigenvalue weighted by molar-refractivity contribution is -0.145.